The Morgan fingerprint density at radius 3 is 2.69 bits per heavy atom. The summed E-state index contributed by atoms with van der Waals surface area (Å²) in [6, 6.07) is 5.77. The van der Waals surface area contributed by atoms with Crippen molar-refractivity contribution in [3.8, 4) is 0 Å². The molecule has 0 radical (unpaired) electrons. The number of anilines is 1. The van der Waals surface area contributed by atoms with E-state index in [1.165, 1.54) is 0 Å². The molecule has 1 aromatic carbocycles. The molecule has 1 atom stereocenters. The van der Waals surface area contributed by atoms with Gasteiger partial charge in [-0.25, -0.2) is 0 Å². The molecule has 0 saturated carbocycles. The summed E-state index contributed by atoms with van der Waals surface area (Å²) in [6.45, 7) is 3.24. The quantitative estimate of drug-likeness (QED) is 0.876. The highest BCUT2D eigenvalue weighted by atomic mass is 35.5. The maximum absolute atomic E-state index is 5.91. The van der Waals surface area contributed by atoms with Crippen LogP contribution >= 0.6 is 23.2 Å². The maximum Gasteiger partial charge on any atom is 0.0637 e. The smallest absolute Gasteiger partial charge is 0.0637 e. The Morgan fingerprint density at radius 1 is 1.31 bits per heavy atom. The Bertz CT molecular complexity index is 334. The summed E-state index contributed by atoms with van der Waals surface area (Å²) in [5, 5.41) is 7.93. The molecule has 0 amide bonds. The molecule has 1 aliphatic heterocycles. The van der Waals surface area contributed by atoms with Crippen LogP contribution in [0, 0.1) is 0 Å². The molecule has 1 saturated heterocycles. The molecule has 3 nitrogen and oxygen atoms in total. The summed E-state index contributed by atoms with van der Waals surface area (Å²) in [6.07, 6.45) is 0. The van der Waals surface area contributed by atoms with E-state index >= 15 is 0 Å². The molecule has 2 rings (SSSR count). The molecule has 1 unspecified atom stereocenters. The third kappa shape index (κ3) is 3.52. The van der Waals surface area contributed by atoms with Crippen LogP contribution in [0.5, 0.6) is 0 Å². The van der Waals surface area contributed by atoms with E-state index in [-0.39, 0.29) is 0 Å². The predicted octanol–water partition coefficient (Wildman–Crippen LogP) is 2.39. The zero-order valence-electron chi connectivity index (χ0n) is 8.80. The molecule has 0 aliphatic carbocycles. The molecule has 0 bridgehead atoms. The number of nitrogens with one attached hydrogen (secondary N) is 2. The second-order valence-corrected chi connectivity index (χ2v) is 4.64. The van der Waals surface area contributed by atoms with E-state index in [1.54, 1.807) is 6.07 Å². The lowest BCUT2D eigenvalue weighted by Gasteiger charge is -2.24. The van der Waals surface area contributed by atoms with Crippen LogP contribution in [-0.2, 0) is 4.74 Å². The van der Waals surface area contributed by atoms with Crippen molar-refractivity contribution in [2.24, 2.45) is 0 Å². The van der Waals surface area contributed by atoms with Crippen molar-refractivity contribution < 1.29 is 4.74 Å². The van der Waals surface area contributed by atoms with Gasteiger partial charge in [-0.05, 0) is 18.2 Å². The Balaban J connectivity index is 1.88. The topological polar surface area (TPSA) is 33.3 Å². The minimum Gasteiger partial charge on any atom is -0.383 e. The molecular weight excluding hydrogens is 247 g/mol. The Kier molecular flexibility index (Phi) is 4.29. The minimum atomic E-state index is 0.339. The van der Waals surface area contributed by atoms with Gasteiger partial charge in [0.1, 0.15) is 0 Å². The summed E-state index contributed by atoms with van der Waals surface area (Å²) in [4.78, 5) is 0. The van der Waals surface area contributed by atoms with Crippen LogP contribution in [0.3, 0.4) is 0 Å². The number of ether oxygens (including phenoxy) is 1. The average molecular weight is 261 g/mol. The Hall–Kier alpha value is -0.480. The van der Waals surface area contributed by atoms with Crippen molar-refractivity contribution in [3.63, 3.8) is 0 Å². The highest BCUT2D eigenvalue weighted by Gasteiger charge is 2.12. The van der Waals surface area contributed by atoms with Gasteiger partial charge in [-0.15, -0.1) is 0 Å². The van der Waals surface area contributed by atoms with Crippen molar-refractivity contribution in [1.82, 2.24) is 5.32 Å². The molecule has 5 heteroatoms. The van der Waals surface area contributed by atoms with Crippen LogP contribution in [0.15, 0.2) is 18.2 Å². The highest BCUT2D eigenvalue weighted by Crippen LogP contribution is 2.22. The number of halogens is 2. The second kappa shape index (κ2) is 5.73. The summed E-state index contributed by atoms with van der Waals surface area (Å²) in [7, 11) is 0. The van der Waals surface area contributed by atoms with Crippen LogP contribution in [0.1, 0.15) is 0 Å². The lowest BCUT2D eigenvalue weighted by Crippen LogP contribution is -2.45. The van der Waals surface area contributed by atoms with Gasteiger partial charge in [0, 0.05) is 34.9 Å². The molecule has 1 aromatic rings. The van der Waals surface area contributed by atoms with Gasteiger partial charge in [0.25, 0.3) is 0 Å². The fourth-order valence-corrected chi connectivity index (χ4v) is 2.17. The van der Waals surface area contributed by atoms with Crippen LogP contribution < -0.4 is 10.6 Å². The first kappa shape index (κ1) is 12.0. The van der Waals surface area contributed by atoms with E-state index in [4.69, 9.17) is 27.9 Å². The van der Waals surface area contributed by atoms with Gasteiger partial charge in [0.15, 0.2) is 0 Å². The van der Waals surface area contributed by atoms with Gasteiger partial charge in [-0.2, -0.15) is 0 Å². The Labute approximate surface area is 105 Å². The standard InChI is InChI=1S/C11H14Cl2N2O/c12-8-3-9(13)5-10(4-8)15-6-11-7-16-2-1-14-11/h3-5,11,14-15H,1-2,6-7H2. The van der Waals surface area contributed by atoms with E-state index in [1.807, 2.05) is 12.1 Å². The number of morpholine rings is 1. The minimum absolute atomic E-state index is 0.339. The number of benzene rings is 1. The van der Waals surface area contributed by atoms with Crippen LogP contribution in [0.2, 0.25) is 10.0 Å². The SMILES string of the molecule is Clc1cc(Cl)cc(NCC2COCCN2)c1. The summed E-state index contributed by atoms with van der Waals surface area (Å²) in [5.74, 6) is 0. The van der Waals surface area contributed by atoms with Gasteiger partial charge in [0.05, 0.1) is 13.2 Å². The predicted molar refractivity (Wildman–Crippen MR) is 67.6 cm³/mol. The van der Waals surface area contributed by atoms with E-state index in [9.17, 15) is 0 Å². The van der Waals surface area contributed by atoms with Gasteiger partial charge < -0.3 is 15.4 Å². The van der Waals surface area contributed by atoms with E-state index in [0.717, 1.165) is 32.0 Å². The normalized spacial score (nSPS) is 20.8. The highest BCUT2D eigenvalue weighted by molar-refractivity contribution is 6.35. The lowest BCUT2D eigenvalue weighted by molar-refractivity contribution is 0.0806. The monoisotopic (exact) mass is 260 g/mol. The van der Waals surface area contributed by atoms with Gasteiger partial charge >= 0.3 is 0 Å². The van der Waals surface area contributed by atoms with Crippen molar-refractivity contribution in [2.45, 2.75) is 6.04 Å². The molecule has 88 valence electrons. The second-order valence-electron chi connectivity index (χ2n) is 3.76. The van der Waals surface area contributed by atoms with Crippen molar-refractivity contribution >= 4 is 28.9 Å². The van der Waals surface area contributed by atoms with Crippen LogP contribution in [0.4, 0.5) is 5.69 Å². The van der Waals surface area contributed by atoms with Gasteiger partial charge in [-0.3, -0.25) is 0 Å². The molecule has 0 spiro atoms. The van der Waals surface area contributed by atoms with E-state index in [0.29, 0.717) is 16.1 Å². The first-order valence-corrected chi connectivity index (χ1v) is 6.01. The van der Waals surface area contributed by atoms with E-state index < -0.39 is 0 Å². The Morgan fingerprint density at radius 2 is 2.06 bits per heavy atom. The summed E-state index contributed by atoms with van der Waals surface area (Å²) >= 11 is 11.8. The average Bonchev–Trinajstić information content (AvgIpc) is 2.27. The third-order valence-corrected chi connectivity index (χ3v) is 2.85. The lowest BCUT2D eigenvalue weighted by atomic mass is 10.2. The van der Waals surface area contributed by atoms with Crippen molar-refractivity contribution in [1.29, 1.82) is 0 Å². The van der Waals surface area contributed by atoms with Crippen LogP contribution in [-0.4, -0.2) is 32.3 Å². The number of hydrogen-bond acceptors (Lipinski definition) is 3. The fourth-order valence-electron chi connectivity index (χ4n) is 1.65. The molecule has 2 N–H and O–H groups in total. The molecule has 0 aromatic heterocycles. The first-order valence-electron chi connectivity index (χ1n) is 5.25. The third-order valence-electron chi connectivity index (χ3n) is 2.41. The number of hydrogen-bond donors (Lipinski definition) is 2. The zero-order valence-corrected chi connectivity index (χ0v) is 10.3. The molecule has 16 heavy (non-hydrogen) atoms. The first-order chi connectivity index (χ1) is 7.74. The van der Waals surface area contributed by atoms with Crippen molar-refractivity contribution in [2.75, 3.05) is 31.6 Å². The summed E-state index contributed by atoms with van der Waals surface area (Å²) in [5.41, 5.74) is 0.935. The van der Waals surface area contributed by atoms with Gasteiger partial charge in [-0.1, -0.05) is 23.2 Å². The fraction of sp³-hybridized carbons (Fsp3) is 0.455. The molecule has 1 aliphatic rings. The van der Waals surface area contributed by atoms with Crippen molar-refractivity contribution in [3.05, 3.63) is 28.2 Å². The van der Waals surface area contributed by atoms with Crippen LogP contribution in [0.25, 0.3) is 0 Å². The summed E-state index contributed by atoms with van der Waals surface area (Å²) < 4.78 is 5.36. The molecule has 1 fully saturated rings. The zero-order chi connectivity index (χ0) is 11.4. The van der Waals surface area contributed by atoms with Gasteiger partial charge in [0.2, 0.25) is 0 Å². The largest absolute Gasteiger partial charge is 0.383 e. The molecular formula is C11H14Cl2N2O. The maximum atomic E-state index is 5.91. The molecule has 1 heterocycles. The van der Waals surface area contributed by atoms with E-state index in [2.05, 4.69) is 10.6 Å². The number of rotatable bonds is 3.